The number of hydrogen-bond donors (Lipinski definition) is 1. The van der Waals surface area contributed by atoms with Crippen LogP contribution in [0.2, 0.25) is 0 Å². The fraction of sp³-hybridized carbons (Fsp3) is 0.400. The molecule has 0 unspecified atom stereocenters. The maximum atomic E-state index is 12.5. The highest BCUT2D eigenvalue weighted by Crippen LogP contribution is 2.33. The Bertz CT molecular complexity index is 342. The first-order valence-corrected chi connectivity index (χ1v) is 4.14. The molecule has 0 saturated heterocycles. The monoisotopic (exact) mass is 204 g/mol. The number of aryl methyl sites for hydroxylation is 1. The average molecular weight is 204 g/mol. The summed E-state index contributed by atoms with van der Waals surface area (Å²) in [4.78, 5) is 0. The van der Waals surface area contributed by atoms with Crippen LogP contribution in [0.25, 0.3) is 0 Å². The van der Waals surface area contributed by atoms with Crippen molar-refractivity contribution in [3.63, 3.8) is 0 Å². The summed E-state index contributed by atoms with van der Waals surface area (Å²) in [5, 5.41) is 8.78. The molecular weight excluding hydrogens is 193 g/mol. The van der Waals surface area contributed by atoms with E-state index in [4.69, 9.17) is 5.11 Å². The summed E-state index contributed by atoms with van der Waals surface area (Å²) in [6.07, 6.45) is -4.35. The van der Waals surface area contributed by atoms with Crippen molar-refractivity contribution < 1.29 is 18.3 Å². The summed E-state index contributed by atoms with van der Waals surface area (Å²) in [6.45, 7) is 2.66. The van der Waals surface area contributed by atoms with Crippen molar-refractivity contribution in [3.8, 4) is 0 Å². The molecule has 1 aromatic carbocycles. The van der Waals surface area contributed by atoms with Crippen LogP contribution in [0, 0.1) is 13.8 Å². The fourth-order valence-electron chi connectivity index (χ4n) is 1.32. The van der Waals surface area contributed by atoms with Gasteiger partial charge in [0.2, 0.25) is 0 Å². The fourth-order valence-corrected chi connectivity index (χ4v) is 1.32. The van der Waals surface area contributed by atoms with Gasteiger partial charge in [-0.2, -0.15) is 13.2 Å². The third-order valence-electron chi connectivity index (χ3n) is 2.22. The van der Waals surface area contributed by atoms with Crippen LogP contribution in [-0.2, 0) is 12.8 Å². The van der Waals surface area contributed by atoms with Crippen LogP contribution in [0.1, 0.15) is 22.3 Å². The molecule has 0 fully saturated rings. The Labute approximate surface area is 80.2 Å². The first-order chi connectivity index (χ1) is 6.36. The Kier molecular flexibility index (Phi) is 2.85. The summed E-state index contributed by atoms with van der Waals surface area (Å²) in [6, 6.07) is 2.55. The molecule has 78 valence electrons. The summed E-state index contributed by atoms with van der Waals surface area (Å²) in [5.74, 6) is 0. The molecule has 0 heterocycles. The molecule has 1 nitrogen and oxygen atoms in total. The third-order valence-corrected chi connectivity index (χ3v) is 2.22. The van der Waals surface area contributed by atoms with Gasteiger partial charge in [-0.15, -0.1) is 0 Å². The van der Waals surface area contributed by atoms with Crippen LogP contribution in [0.4, 0.5) is 13.2 Å². The second-order valence-corrected chi connectivity index (χ2v) is 3.24. The van der Waals surface area contributed by atoms with Gasteiger partial charge in [0.25, 0.3) is 0 Å². The lowest BCUT2D eigenvalue weighted by molar-refractivity contribution is -0.138. The molecule has 0 amide bonds. The van der Waals surface area contributed by atoms with Gasteiger partial charge in [0.1, 0.15) is 0 Å². The average Bonchev–Trinajstić information content (AvgIpc) is 2.07. The number of benzene rings is 1. The summed E-state index contributed by atoms with van der Waals surface area (Å²) < 4.78 is 37.4. The minimum Gasteiger partial charge on any atom is -0.392 e. The summed E-state index contributed by atoms with van der Waals surface area (Å²) in [5.41, 5.74) is 0.389. The van der Waals surface area contributed by atoms with E-state index in [0.29, 0.717) is 11.1 Å². The number of alkyl halides is 3. The van der Waals surface area contributed by atoms with E-state index in [-0.39, 0.29) is 12.2 Å². The normalized spacial score (nSPS) is 11.9. The SMILES string of the molecule is Cc1cc(CO)cc(C(F)(F)F)c1C. The molecule has 0 aliphatic heterocycles. The van der Waals surface area contributed by atoms with Crippen LogP contribution in [-0.4, -0.2) is 5.11 Å². The smallest absolute Gasteiger partial charge is 0.392 e. The highest BCUT2D eigenvalue weighted by atomic mass is 19.4. The molecule has 1 N–H and O–H groups in total. The van der Waals surface area contributed by atoms with E-state index in [9.17, 15) is 13.2 Å². The van der Waals surface area contributed by atoms with E-state index >= 15 is 0 Å². The lowest BCUT2D eigenvalue weighted by atomic mass is 9.99. The Morgan fingerprint density at radius 2 is 1.79 bits per heavy atom. The van der Waals surface area contributed by atoms with Crippen LogP contribution >= 0.6 is 0 Å². The molecular formula is C10H11F3O. The predicted molar refractivity (Wildman–Crippen MR) is 46.8 cm³/mol. The molecule has 0 aromatic heterocycles. The summed E-state index contributed by atoms with van der Waals surface area (Å²) >= 11 is 0. The van der Waals surface area contributed by atoms with Crippen LogP contribution < -0.4 is 0 Å². The Morgan fingerprint density at radius 3 is 2.21 bits per heavy atom. The largest absolute Gasteiger partial charge is 0.416 e. The molecule has 1 aromatic rings. The van der Waals surface area contributed by atoms with Gasteiger partial charge in [0, 0.05) is 0 Å². The van der Waals surface area contributed by atoms with E-state index in [1.54, 1.807) is 13.0 Å². The first kappa shape index (κ1) is 11.0. The molecule has 0 aliphatic rings. The van der Waals surface area contributed by atoms with E-state index < -0.39 is 11.7 Å². The maximum Gasteiger partial charge on any atom is 0.416 e. The minimum atomic E-state index is -4.35. The molecule has 0 aliphatic carbocycles. The van der Waals surface area contributed by atoms with Gasteiger partial charge in [0.15, 0.2) is 0 Å². The zero-order chi connectivity index (χ0) is 10.9. The van der Waals surface area contributed by atoms with Crippen molar-refractivity contribution in [3.05, 3.63) is 34.4 Å². The van der Waals surface area contributed by atoms with Gasteiger partial charge in [-0.1, -0.05) is 6.07 Å². The van der Waals surface area contributed by atoms with Gasteiger partial charge in [-0.3, -0.25) is 0 Å². The Hall–Kier alpha value is -1.03. The number of aliphatic hydroxyl groups is 1. The summed E-state index contributed by atoms with van der Waals surface area (Å²) in [7, 11) is 0. The van der Waals surface area contributed by atoms with Gasteiger partial charge in [-0.05, 0) is 36.6 Å². The van der Waals surface area contributed by atoms with E-state index in [0.717, 1.165) is 6.07 Å². The van der Waals surface area contributed by atoms with Crippen molar-refractivity contribution in [1.82, 2.24) is 0 Å². The number of rotatable bonds is 1. The van der Waals surface area contributed by atoms with Crippen molar-refractivity contribution in [2.75, 3.05) is 0 Å². The zero-order valence-electron chi connectivity index (χ0n) is 7.94. The van der Waals surface area contributed by atoms with Crippen LogP contribution in [0.3, 0.4) is 0 Å². The molecule has 1 rings (SSSR count). The predicted octanol–water partition coefficient (Wildman–Crippen LogP) is 2.81. The van der Waals surface area contributed by atoms with Gasteiger partial charge in [-0.25, -0.2) is 0 Å². The number of hydrogen-bond acceptors (Lipinski definition) is 1. The molecule has 0 atom stereocenters. The van der Waals surface area contributed by atoms with Crippen molar-refractivity contribution in [2.45, 2.75) is 26.6 Å². The second-order valence-electron chi connectivity index (χ2n) is 3.24. The molecule has 0 bridgehead atoms. The van der Waals surface area contributed by atoms with E-state index in [1.165, 1.54) is 6.92 Å². The first-order valence-electron chi connectivity index (χ1n) is 4.14. The molecule has 14 heavy (non-hydrogen) atoms. The van der Waals surface area contributed by atoms with Crippen molar-refractivity contribution in [1.29, 1.82) is 0 Å². The standard InChI is InChI=1S/C10H11F3O/c1-6-3-8(5-14)4-9(7(6)2)10(11,12)13/h3-4,14H,5H2,1-2H3. The van der Waals surface area contributed by atoms with Crippen molar-refractivity contribution >= 4 is 0 Å². The molecule has 0 radical (unpaired) electrons. The second kappa shape index (κ2) is 3.61. The van der Waals surface area contributed by atoms with Crippen LogP contribution in [0.5, 0.6) is 0 Å². The van der Waals surface area contributed by atoms with Gasteiger partial charge in [0.05, 0.1) is 12.2 Å². The van der Waals surface area contributed by atoms with Crippen molar-refractivity contribution in [2.24, 2.45) is 0 Å². The number of halogens is 3. The highest BCUT2D eigenvalue weighted by Gasteiger charge is 2.33. The number of aliphatic hydroxyl groups excluding tert-OH is 1. The van der Waals surface area contributed by atoms with E-state index in [2.05, 4.69) is 0 Å². The topological polar surface area (TPSA) is 20.2 Å². The zero-order valence-corrected chi connectivity index (χ0v) is 7.94. The Balaban J connectivity index is 3.35. The maximum absolute atomic E-state index is 12.5. The quantitative estimate of drug-likeness (QED) is 0.745. The molecule has 0 saturated carbocycles. The lowest BCUT2D eigenvalue weighted by Crippen LogP contribution is -2.09. The van der Waals surface area contributed by atoms with Gasteiger partial charge < -0.3 is 5.11 Å². The lowest BCUT2D eigenvalue weighted by Gasteiger charge is -2.13. The minimum absolute atomic E-state index is 0.217. The molecule has 4 heteroatoms. The highest BCUT2D eigenvalue weighted by molar-refractivity contribution is 5.39. The van der Waals surface area contributed by atoms with Crippen LogP contribution in [0.15, 0.2) is 12.1 Å². The van der Waals surface area contributed by atoms with E-state index in [1.807, 2.05) is 0 Å². The van der Waals surface area contributed by atoms with Gasteiger partial charge >= 0.3 is 6.18 Å². The molecule has 0 spiro atoms. The third kappa shape index (κ3) is 2.07. The Morgan fingerprint density at radius 1 is 1.21 bits per heavy atom.